The maximum Gasteiger partial charge on any atom is 0.244 e. The highest BCUT2D eigenvalue weighted by Gasteiger charge is 2.26. The van der Waals surface area contributed by atoms with Crippen LogP contribution >= 0.6 is 11.6 Å². The minimum atomic E-state index is -3.46. The number of aromatic amines is 1. The Morgan fingerprint density at radius 2 is 1.95 bits per heavy atom. The van der Waals surface area contributed by atoms with Gasteiger partial charge in [-0.1, -0.05) is 13.8 Å². The molecule has 0 spiro atoms. The lowest BCUT2D eigenvalue weighted by molar-refractivity contribution is 0.312. The summed E-state index contributed by atoms with van der Waals surface area (Å²) in [6, 6.07) is 1.60. The Kier molecular flexibility index (Phi) is 6.51. The van der Waals surface area contributed by atoms with Crippen LogP contribution in [0, 0.1) is 5.92 Å². The summed E-state index contributed by atoms with van der Waals surface area (Å²) in [6.07, 6.45) is 1.51. The highest BCUT2D eigenvalue weighted by molar-refractivity contribution is 7.89. The van der Waals surface area contributed by atoms with Gasteiger partial charge in [-0.15, -0.1) is 11.6 Å². The van der Waals surface area contributed by atoms with Crippen LogP contribution < -0.4 is 0 Å². The van der Waals surface area contributed by atoms with Gasteiger partial charge in [0.2, 0.25) is 10.0 Å². The summed E-state index contributed by atoms with van der Waals surface area (Å²) in [5.74, 6) is 0.551. The van der Waals surface area contributed by atoms with Crippen LogP contribution in [0.25, 0.3) is 0 Å². The van der Waals surface area contributed by atoms with Crippen molar-refractivity contribution >= 4 is 21.6 Å². The maximum atomic E-state index is 12.7. The molecule has 0 bridgehead atoms. The minimum absolute atomic E-state index is 0.275. The molecule has 0 atom stereocenters. The van der Waals surface area contributed by atoms with E-state index in [0.29, 0.717) is 25.3 Å². The van der Waals surface area contributed by atoms with Crippen molar-refractivity contribution in [3.8, 4) is 0 Å². The number of hydrogen-bond acceptors (Lipinski definition) is 3. The Bertz CT molecular complexity index is 511. The molecule has 1 rings (SSSR count). The van der Waals surface area contributed by atoms with Crippen LogP contribution in [0.4, 0.5) is 0 Å². The van der Waals surface area contributed by atoms with E-state index in [-0.39, 0.29) is 16.7 Å². The molecule has 20 heavy (non-hydrogen) atoms. The molecule has 0 unspecified atom stereocenters. The first-order chi connectivity index (χ1) is 9.27. The molecular formula is C13H24ClN3O2S. The van der Waals surface area contributed by atoms with Crippen molar-refractivity contribution in [2.75, 3.05) is 33.7 Å². The minimum Gasteiger partial charge on any atom is -0.363 e. The second-order valence-corrected chi connectivity index (χ2v) is 7.76. The molecule has 5 nitrogen and oxygen atoms in total. The fraction of sp³-hybridized carbons (Fsp3) is 0.692. The van der Waals surface area contributed by atoms with E-state index >= 15 is 0 Å². The molecule has 0 aliphatic heterocycles. The Labute approximate surface area is 127 Å². The van der Waals surface area contributed by atoms with E-state index in [1.165, 1.54) is 6.20 Å². The second kappa shape index (κ2) is 7.45. The normalized spacial score (nSPS) is 12.8. The highest BCUT2D eigenvalue weighted by Crippen LogP contribution is 2.18. The topological polar surface area (TPSA) is 56.4 Å². The van der Waals surface area contributed by atoms with Crippen LogP contribution in [0.2, 0.25) is 0 Å². The van der Waals surface area contributed by atoms with Gasteiger partial charge in [0.15, 0.2) is 0 Å². The van der Waals surface area contributed by atoms with Crippen molar-refractivity contribution in [1.82, 2.24) is 14.2 Å². The number of aromatic nitrogens is 1. The lowest BCUT2D eigenvalue weighted by Gasteiger charge is -2.24. The molecule has 1 aromatic heterocycles. The Morgan fingerprint density at radius 3 is 2.40 bits per heavy atom. The zero-order chi connectivity index (χ0) is 15.3. The Morgan fingerprint density at radius 1 is 1.30 bits per heavy atom. The molecule has 1 aromatic rings. The summed E-state index contributed by atoms with van der Waals surface area (Å²) in [5, 5.41) is 0. The first kappa shape index (κ1) is 17.5. The third-order valence-electron chi connectivity index (χ3n) is 2.86. The van der Waals surface area contributed by atoms with Crippen molar-refractivity contribution in [3.05, 3.63) is 18.0 Å². The van der Waals surface area contributed by atoms with E-state index in [2.05, 4.69) is 4.98 Å². The fourth-order valence-electron chi connectivity index (χ4n) is 1.82. The molecule has 0 radical (unpaired) electrons. The van der Waals surface area contributed by atoms with Crippen molar-refractivity contribution in [2.45, 2.75) is 24.6 Å². The van der Waals surface area contributed by atoms with Gasteiger partial charge >= 0.3 is 0 Å². The number of nitrogens with one attached hydrogen (secondary N) is 1. The number of nitrogens with zero attached hydrogens (tertiary/aromatic N) is 2. The van der Waals surface area contributed by atoms with Crippen molar-refractivity contribution in [3.63, 3.8) is 0 Å². The van der Waals surface area contributed by atoms with Crippen LogP contribution in [-0.2, 0) is 15.9 Å². The lowest BCUT2D eigenvalue weighted by atomic mass is 10.2. The molecule has 0 fully saturated rings. The van der Waals surface area contributed by atoms with Gasteiger partial charge in [-0.25, -0.2) is 8.42 Å². The number of sulfonamides is 1. The third kappa shape index (κ3) is 4.77. The summed E-state index contributed by atoms with van der Waals surface area (Å²) in [7, 11) is 0.401. The molecule has 7 heteroatoms. The van der Waals surface area contributed by atoms with Crippen molar-refractivity contribution in [1.29, 1.82) is 0 Å². The lowest BCUT2D eigenvalue weighted by Crippen LogP contribution is -2.38. The standard InChI is InChI=1S/C13H24ClN3O2S/c1-11(2)10-17(6-5-16(3)4)20(18,19)13-7-12(8-14)15-9-13/h7,9,11,15H,5-6,8,10H2,1-4H3. The summed E-state index contributed by atoms with van der Waals surface area (Å²) in [6.45, 7) is 5.71. The number of likely N-dealkylation sites (N-methyl/N-ethyl adjacent to an activating group) is 1. The average Bonchev–Trinajstić information content (AvgIpc) is 2.83. The van der Waals surface area contributed by atoms with Crippen LogP contribution in [-0.4, -0.2) is 56.3 Å². The summed E-state index contributed by atoms with van der Waals surface area (Å²) >= 11 is 5.71. The molecular weight excluding hydrogens is 298 g/mol. The summed E-state index contributed by atoms with van der Waals surface area (Å²) in [4.78, 5) is 5.15. The summed E-state index contributed by atoms with van der Waals surface area (Å²) in [5.41, 5.74) is 0.711. The zero-order valence-electron chi connectivity index (χ0n) is 12.6. The van der Waals surface area contributed by atoms with Crippen molar-refractivity contribution in [2.24, 2.45) is 5.92 Å². The number of hydrogen-bond donors (Lipinski definition) is 1. The molecule has 0 aromatic carbocycles. The van der Waals surface area contributed by atoms with E-state index < -0.39 is 10.0 Å². The van der Waals surface area contributed by atoms with E-state index in [1.807, 2.05) is 32.8 Å². The predicted octanol–water partition coefficient (Wildman–Crippen LogP) is 1.96. The van der Waals surface area contributed by atoms with Gasteiger partial charge in [0.25, 0.3) is 0 Å². The van der Waals surface area contributed by atoms with Gasteiger partial charge in [0, 0.05) is 31.5 Å². The number of halogens is 1. The van der Waals surface area contributed by atoms with Gasteiger partial charge in [0.1, 0.15) is 0 Å². The van der Waals surface area contributed by atoms with Gasteiger partial charge in [0.05, 0.1) is 10.8 Å². The second-order valence-electron chi connectivity index (χ2n) is 5.55. The van der Waals surface area contributed by atoms with Gasteiger partial charge in [-0.2, -0.15) is 4.31 Å². The molecule has 1 heterocycles. The van der Waals surface area contributed by atoms with Gasteiger partial charge in [-0.3, -0.25) is 0 Å². The molecule has 1 N–H and O–H groups in total. The first-order valence-corrected chi connectivity index (χ1v) is 8.63. The van der Waals surface area contributed by atoms with Crippen molar-refractivity contribution < 1.29 is 8.42 Å². The van der Waals surface area contributed by atoms with E-state index in [0.717, 1.165) is 0 Å². The van der Waals surface area contributed by atoms with E-state index in [1.54, 1.807) is 10.4 Å². The summed E-state index contributed by atoms with van der Waals surface area (Å²) < 4.78 is 26.8. The highest BCUT2D eigenvalue weighted by atomic mass is 35.5. The fourth-order valence-corrected chi connectivity index (χ4v) is 3.59. The van der Waals surface area contributed by atoms with Crippen LogP contribution in [0.3, 0.4) is 0 Å². The Balaban J connectivity index is 2.96. The molecule has 0 saturated heterocycles. The Hall–Kier alpha value is -0.560. The number of rotatable bonds is 8. The largest absolute Gasteiger partial charge is 0.363 e. The number of H-pyrrole nitrogens is 1. The molecule has 0 amide bonds. The van der Waals surface area contributed by atoms with Gasteiger partial charge in [-0.05, 0) is 26.1 Å². The van der Waals surface area contributed by atoms with Crippen LogP contribution in [0.1, 0.15) is 19.5 Å². The van der Waals surface area contributed by atoms with Crippen LogP contribution in [0.15, 0.2) is 17.2 Å². The van der Waals surface area contributed by atoms with Gasteiger partial charge < -0.3 is 9.88 Å². The molecule has 0 aliphatic rings. The smallest absolute Gasteiger partial charge is 0.244 e. The molecule has 116 valence electrons. The third-order valence-corrected chi connectivity index (χ3v) is 4.99. The predicted molar refractivity (Wildman–Crippen MR) is 82.5 cm³/mol. The quantitative estimate of drug-likeness (QED) is 0.745. The van der Waals surface area contributed by atoms with E-state index in [9.17, 15) is 8.42 Å². The monoisotopic (exact) mass is 321 g/mol. The maximum absolute atomic E-state index is 12.7. The average molecular weight is 322 g/mol. The molecule has 0 saturated carbocycles. The first-order valence-electron chi connectivity index (χ1n) is 6.65. The SMILES string of the molecule is CC(C)CN(CCN(C)C)S(=O)(=O)c1c[nH]c(CCl)c1. The van der Waals surface area contributed by atoms with E-state index in [4.69, 9.17) is 11.6 Å². The zero-order valence-corrected chi connectivity index (χ0v) is 14.1. The molecule has 0 aliphatic carbocycles. The van der Waals surface area contributed by atoms with Crippen LogP contribution in [0.5, 0.6) is 0 Å². The number of alkyl halides is 1.